The van der Waals surface area contributed by atoms with Gasteiger partial charge in [0, 0.05) is 6.07 Å². The summed E-state index contributed by atoms with van der Waals surface area (Å²) >= 11 is 3.28. The Morgan fingerprint density at radius 3 is 2.79 bits per heavy atom. The van der Waals surface area contributed by atoms with E-state index in [1.54, 1.807) is 13.0 Å². The molecular weight excluding hydrogens is 451 g/mol. The summed E-state index contributed by atoms with van der Waals surface area (Å²) in [7, 11) is 0. The predicted octanol–water partition coefficient (Wildman–Crippen LogP) is 2.05. The molecule has 0 spiro atoms. The average Bonchev–Trinajstić information content (AvgIpc) is 3.17. The lowest BCUT2D eigenvalue weighted by Crippen LogP contribution is -2.15. The molecule has 152 valence electrons. The number of hydrogen-bond acceptors (Lipinski definition) is 9. The van der Waals surface area contributed by atoms with Gasteiger partial charge in [-0.15, -0.1) is 10.2 Å². The highest BCUT2D eigenvalue weighted by Gasteiger charge is 2.11. The van der Waals surface area contributed by atoms with Crippen molar-refractivity contribution in [1.29, 1.82) is 0 Å². The predicted molar refractivity (Wildman–Crippen MR) is 101 cm³/mol. The Labute approximate surface area is 173 Å². The zero-order chi connectivity index (χ0) is 20.6. The first kappa shape index (κ1) is 20.6. The van der Waals surface area contributed by atoms with Crippen LogP contribution in [0.5, 0.6) is 11.6 Å². The second-order valence-corrected chi connectivity index (χ2v) is 6.31. The third-order valence-corrected chi connectivity index (χ3v) is 4.03. The van der Waals surface area contributed by atoms with Gasteiger partial charge >= 0.3 is 5.97 Å². The van der Waals surface area contributed by atoms with E-state index in [9.17, 15) is 9.18 Å². The fourth-order valence-corrected chi connectivity index (χ4v) is 2.49. The summed E-state index contributed by atoms with van der Waals surface area (Å²) < 4.78 is 29.6. The molecule has 0 aliphatic rings. The number of esters is 1. The standard InChI is InChI=1S/C17H16BrFN6O4/c1-2-27-16(26)10-25-23-17(22-24-25)13-8-21-15(9-20-13)29-6-5-28-14-7-11(19)3-4-12(14)18/h3-4,7-9H,2,5-6,10H2,1H3. The molecule has 0 amide bonds. The summed E-state index contributed by atoms with van der Waals surface area (Å²) in [4.78, 5) is 20.8. The molecule has 0 fully saturated rings. The molecule has 0 atom stereocenters. The van der Waals surface area contributed by atoms with Gasteiger partial charge in [-0.2, -0.15) is 4.80 Å². The molecule has 0 saturated carbocycles. The smallest absolute Gasteiger partial charge is 0.329 e. The Balaban J connectivity index is 1.49. The van der Waals surface area contributed by atoms with E-state index in [0.29, 0.717) is 15.9 Å². The first-order valence-corrected chi connectivity index (χ1v) is 9.31. The van der Waals surface area contributed by atoms with Gasteiger partial charge < -0.3 is 14.2 Å². The third kappa shape index (κ3) is 5.91. The van der Waals surface area contributed by atoms with Crippen LogP contribution in [0.4, 0.5) is 4.39 Å². The minimum atomic E-state index is -0.459. The second kappa shape index (κ2) is 9.87. The number of hydrogen-bond donors (Lipinski definition) is 0. The summed E-state index contributed by atoms with van der Waals surface area (Å²) in [5.74, 6) is 0.0198. The van der Waals surface area contributed by atoms with Crippen LogP contribution in [0.25, 0.3) is 11.5 Å². The number of benzene rings is 1. The lowest BCUT2D eigenvalue weighted by atomic mass is 10.3. The van der Waals surface area contributed by atoms with Gasteiger partial charge in [-0.25, -0.2) is 19.2 Å². The molecule has 3 aromatic rings. The molecule has 0 aliphatic heterocycles. The van der Waals surface area contributed by atoms with Crippen molar-refractivity contribution in [2.45, 2.75) is 13.5 Å². The van der Waals surface area contributed by atoms with Crippen molar-refractivity contribution in [2.75, 3.05) is 19.8 Å². The molecule has 0 unspecified atom stereocenters. The quantitative estimate of drug-likeness (QED) is 0.345. The van der Waals surface area contributed by atoms with Crippen molar-refractivity contribution in [3.8, 4) is 23.1 Å². The number of rotatable bonds is 9. The Kier molecular flexibility index (Phi) is 7.00. The molecule has 2 heterocycles. The van der Waals surface area contributed by atoms with Gasteiger partial charge in [-0.3, -0.25) is 0 Å². The summed E-state index contributed by atoms with van der Waals surface area (Å²) in [6.07, 6.45) is 2.82. The van der Waals surface area contributed by atoms with Crippen LogP contribution in [0.1, 0.15) is 6.92 Å². The van der Waals surface area contributed by atoms with Gasteiger partial charge in [-0.1, -0.05) is 0 Å². The van der Waals surface area contributed by atoms with Crippen molar-refractivity contribution in [1.82, 2.24) is 30.2 Å². The maximum atomic E-state index is 13.2. The summed E-state index contributed by atoms with van der Waals surface area (Å²) in [5.41, 5.74) is 0.368. The number of ether oxygens (including phenoxy) is 3. The van der Waals surface area contributed by atoms with Crippen LogP contribution in [-0.4, -0.2) is 56.0 Å². The summed E-state index contributed by atoms with van der Waals surface area (Å²) in [6, 6.07) is 4.17. The largest absolute Gasteiger partial charge is 0.489 e. The number of halogens is 2. The minimum Gasteiger partial charge on any atom is -0.489 e. The number of carbonyl (C=O) groups excluding carboxylic acids is 1. The van der Waals surface area contributed by atoms with Crippen molar-refractivity contribution in [3.63, 3.8) is 0 Å². The Hall–Kier alpha value is -3.15. The van der Waals surface area contributed by atoms with Crippen LogP contribution in [-0.2, 0) is 16.1 Å². The number of aromatic nitrogens is 6. The average molecular weight is 467 g/mol. The van der Waals surface area contributed by atoms with Crippen LogP contribution in [0.15, 0.2) is 35.1 Å². The zero-order valence-corrected chi connectivity index (χ0v) is 16.9. The topological polar surface area (TPSA) is 114 Å². The van der Waals surface area contributed by atoms with Crippen molar-refractivity contribution in [3.05, 3.63) is 40.9 Å². The van der Waals surface area contributed by atoms with Crippen molar-refractivity contribution in [2.24, 2.45) is 0 Å². The number of nitrogens with zero attached hydrogens (tertiary/aromatic N) is 6. The first-order valence-electron chi connectivity index (χ1n) is 8.51. The van der Waals surface area contributed by atoms with Gasteiger partial charge in [0.1, 0.15) is 30.5 Å². The van der Waals surface area contributed by atoms with Crippen LogP contribution in [0, 0.1) is 5.82 Å². The van der Waals surface area contributed by atoms with E-state index >= 15 is 0 Å². The normalized spacial score (nSPS) is 10.6. The fourth-order valence-electron chi connectivity index (χ4n) is 2.13. The second-order valence-electron chi connectivity index (χ2n) is 5.46. The molecule has 0 radical (unpaired) electrons. The van der Waals surface area contributed by atoms with E-state index in [0.717, 1.165) is 4.80 Å². The summed E-state index contributed by atoms with van der Waals surface area (Å²) in [5, 5.41) is 11.6. The molecule has 0 saturated heterocycles. The van der Waals surface area contributed by atoms with Gasteiger partial charge in [-0.05, 0) is 40.2 Å². The van der Waals surface area contributed by atoms with E-state index in [4.69, 9.17) is 14.2 Å². The van der Waals surface area contributed by atoms with Crippen molar-refractivity contribution >= 4 is 21.9 Å². The van der Waals surface area contributed by atoms with Gasteiger partial charge in [0.25, 0.3) is 0 Å². The Bertz CT molecular complexity index is 969. The highest BCUT2D eigenvalue weighted by atomic mass is 79.9. The van der Waals surface area contributed by atoms with E-state index in [-0.39, 0.29) is 38.1 Å². The molecule has 29 heavy (non-hydrogen) atoms. The third-order valence-electron chi connectivity index (χ3n) is 3.37. The van der Waals surface area contributed by atoms with Gasteiger partial charge in [0.2, 0.25) is 11.7 Å². The molecular formula is C17H16BrFN6O4. The molecule has 10 nitrogen and oxygen atoms in total. The molecule has 2 aromatic heterocycles. The van der Waals surface area contributed by atoms with Gasteiger partial charge in [0.05, 0.1) is 23.5 Å². The SMILES string of the molecule is CCOC(=O)Cn1nnc(-c2cnc(OCCOc3cc(F)ccc3Br)cn2)n1. The van der Waals surface area contributed by atoms with E-state index in [2.05, 4.69) is 41.3 Å². The van der Waals surface area contributed by atoms with Crippen LogP contribution in [0.3, 0.4) is 0 Å². The fraction of sp³-hybridized carbons (Fsp3) is 0.294. The van der Waals surface area contributed by atoms with E-state index in [1.807, 2.05) is 0 Å². The molecule has 3 rings (SSSR count). The maximum absolute atomic E-state index is 13.2. The van der Waals surface area contributed by atoms with Crippen LogP contribution >= 0.6 is 15.9 Å². The maximum Gasteiger partial charge on any atom is 0.329 e. The lowest BCUT2D eigenvalue weighted by molar-refractivity contribution is -0.144. The molecule has 0 N–H and O–H groups in total. The summed E-state index contributed by atoms with van der Waals surface area (Å²) in [6.45, 7) is 2.22. The minimum absolute atomic E-state index is 0.142. The van der Waals surface area contributed by atoms with Crippen molar-refractivity contribution < 1.29 is 23.4 Å². The Morgan fingerprint density at radius 1 is 1.21 bits per heavy atom. The zero-order valence-electron chi connectivity index (χ0n) is 15.3. The Morgan fingerprint density at radius 2 is 2.03 bits per heavy atom. The highest BCUT2D eigenvalue weighted by Crippen LogP contribution is 2.25. The molecule has 12 heteroatoms. The first-order chi connectivity index (χ1) is 14.0. The highest BCUT2D eigenvalue weighted by molar-refractivity contribution is 9.10. The lowest BCUT2D eigenvalue weighted by Gasteiger charge is -2.09. The van der Waals surface area contributed by atoms with Crippen LogP contribution < -0.4 is 9.47 Å². The monoisotopic (exact) mass is 466 g/mol. The van der Waals surface area contributed by atoms with E-state index in [1.165, 1.54) is 24.5 Å². The molecule has 1 aromatic carbocycles. The number of tetrazole rings is 1. The molecule has 0 aliphatic carbocycles. The van der Waals surface area contributed by atoms with Gasteiger partial charge in [0.15, 0.2) is 6.54 Å². The molecule has 0 bridgehead atoms. The van der Waals surface area contributed by atoms with Crippen LogP contribution in [0.2, 0.25) is 0 Å². The number of carbonyl (C=O) groups is 1. The van der Waals surface area contributed by atoms with E-state index < -0.39 is 11.8 Å².